The first-order valence-corrected chi connectivity index (χ1v) is 6.83. The van der Waals surface area contributed by atoms with E-state index in [0.717, 1.165) is 32.2 Å². The molecular weight excluding hydrogens is 226 g/mol. The molecule has 1 aliphatic carbocycles. The highest BCUT2D eigenvalue weighted by molar-refractivity contribution is 5.70. The van der Waals surface area contributed by atoms with Crippen molar-refractivity contribution < 1.29 is 9.90 Å². The van der Waals surface area contributed by atoms with Crippen molar-refractivity contribution in [3.05, 3.63) is 29.8 Å². The molecule has 2 aliphatic rings. The average molecular weight is 245 g/mol. The molecule has 3 heteroatoms. The molecule has 0 radical (unpaired) electrons. The van der Waals surface area contributed by atoms with E-state index in [-0.39, 0.29) is 5.92 Å². The van der Waals surface area contributed by atoms with Crippen LogP contribution in [0.15, 0.2) is 24.3 Å². The SMILES string of the molecule is O=C(O)C1CCC(N2CCCc3ccccc32)C1. The summed E-state index contributed by atoms with van der Waals surface area (Å²) in [4.78, 5) is 13.5. The molecule has 1 fully saturated rings. The molecule has 0 aromatic heterocycles. The number of hydrogen-bond acceptors (Lipinski definition) is 2. The fraction of sp³-hybridized carbons (Fsp3) is 0.533. The Balaban J connectivity index is 1.80. The van der Waals surface area contributed by atoms with Crippen molar-refractivity contribution in [1.82, 2.24) is 0 Å². The van der Waals surface area contributed by atoms with Gasteiger partial charge in [-0.05, 0) is 43.7 Å². The second kappa shape index (κ2) is 4.63. The van der Waals surface area contributed by atoms with Gasteiger partial charge in [0.15, 0.2) is 0 Å². The van der Waals surface area contributed by atoms with Gasteiger partial charge in [-0.1, -0.05) is 18.2 Å². The van der Waals surface area contributed by atoms with Gasteiger partial charge in [-0.25, -0.2) is 0 Å². The molecule has 0 amide bonds. The van der Waals surface area contributed by atoms with Crippen LogP contribution in [0.5, 0.6) is 0 Å². The molecule has 1 saturated carbocycles. The van der Waals surface area contributed by atoms with Crippen molar-refractivity contribution in [3.63, 3.8) is 0 Å². The van der Waals surface area contributed by atoms with E-state index < -0.39 is 5.97 Å². The fourth-order valence-corrected chi connectivity index (χ4v) is 3.41. The predicted octanol–water partition coefficient (Wildman–Crippen LogP) is 2.69. The van der Waals surface area contributed by atoms with Gasteiger partial charge in [0.1, 0.15) is 0 Å². The molecule has 1 aliphatic heterocycles. The minimum Gasteiger partial charge on any atom is -0.481 e. The Morgan fingerprint density at radius 1 is 1.28 bits per heavy atom. The van der Waals surface area contributed by atoms with Crippen molar-refractivity contribution in [1.29, 1.82) is 0 Å². The van der Waals surface area contributed by atoms with Crippen LogP contribution >= 0.6 is 0 Å². The molecule has 18 heavy (non-hydrogen) atoms. The number of carboxylic acids is 1. The number of para-hydroxylation sites is 1. The Kier molecular flexibility index (Phi) is 2.98. The molecule has 3 nitrogen and oxygen atoms in total. The largest absolute Gasteiger partial charge is 0.481 e. The first kappa shape index (κ1) is 11.6. The maximum atomic E-state index is 11.1. The first-order valence-electron chi connectivity index (χ1n) is 6.83. The third-order valence-electron chi connectivity index (χ3n) is 4.34. The van der Waals surface area contributed by atoms with E-state index in [4.69, 9.17) is 5.11 Å². The summed E-state index contributed by atoms with van der Waals surface area (Å²) in [5, 5.41) is 9.11. The summed E-state index contributed by atoms with van der Waals surface area (Å²) < 4.78 is 0. The number of aryl methyl sites for hydroxylation is 1. The standard InChI is InChI=1S/C15H19NO2/c17-15(18)12-7-8-13(10-12)16-9-3-5-11-4-1-2-6-14(11)16/h1-2,4,6,12-13H,3,5,7-10H2,(H,17,18). The zero-order valence-electron chi connectivity index (χ0n) is 10.5. The zero-order valence-corrected chi connectivity index (χ0v) is 10.5. The van der Waals surface area contributed by atoms with Crippen LogP contribution < -0.4 is 4.90 Å². The number of anilines is 1. The lowest BCUT2D eigenvalue weighted by atomic mass is 9.99. The number of nitrogens with zero attached hydrogens (tertiary/aromatic N) is 1. The minimum absolute atomic E-state index is 0.135. The summed E-state index contributed by atoms with van der Waals surface area (Å²) in [6, 6.07) is 8.98. The van der Waals surface area contributed by atoms with Gasteiger partial charge in [0, 0.05) is 18.3 Å². The number of rotatable bonds is 2. The van der Waals surface area contributed by atoms with E-state index >= 15 is 0 Å². The lowest BCUT2D eigenvalue weighted by Gasteiger charge is -2.36. The van der Waals surface area contributed by atoms with Crippen molar-refractivity contribution in [3.8, 4) is 0 Å². The lowest BCUT2D eigenvalue weighted by Crippen LogP contribution is -2.37. The highest BCUT2D eigenvalue weighted by atomic mass is 16.4. The van der Waals surface area contributed by atoms with Crippen LogP contribution in [0.25, 0.3) is 0 Å². The quantitative estimate of drug-likeness (QED) is 0.871. The summed E-state index contributed by atoms with van der Waals surface area (Å²) in [5.41, 5.74) is 2.75. The number of aliphatic carboxylic acids is 1. The third-order valence-corrected chi connectivity index (χ3v) is 4.34. The molecule has 2 unspecified atom stereocenters. The molecule has 0 spiro atoms. The molecule has 0 bridgehead atoms. The Labute approximate surface area is 107 Å². The second-order valence-electron chi connectivity index (χ2n) is 5.43. The van der Waals surface area contributed by atoms with Crippen LogP contribution in [0.1, 0.15) is 31.2 Å². The van der Waals surface area contributed by atoms with Crippen molar-refractivity contribution in [2.75, 3.05) is 11.4 Å². The van der Waals surface area contributed by atoms with Gasteiger partial charge in [0.05, 0.1) is 5.92 Å². The van der Waals surface area contributed by atoms with Crippen LogP contribution in [0.3, 0.4) is 0 Å². The molecule has 1 heterocycles. The normalized spacial score (nSPS) is 27.0. The van der Waals surface area contributed by atoms with Crippen molar-refractivity contribution in [2.45, 2.75) is 38.1 Å². The van der Waals surface area contributed by atoms with Crippen LogP contribution in [0, 0.1) is 5.92 Å². The molecule has 1 aromatic carbocycles. The number of fused-ring (bicyclic) bond motifs is 1. The van der Waals surface area contributed by atoms with Crippen LogP contribution in [0.2, 0.25) is 0 Å². The molecule has 2 atom stereocenters. The summed E-state index contributed by atoms with van der Waals surface area (Å²) in [6.45, 7) is 1.08. The third kappa shape index (κ3) is 1.98. The summed E-state index contributed by atoms with van der Waals surface area (Å²) in [7, 11) is 0. The average Bonchev–Trinajstić information content (AvgIpc) is 2.87. The summed E-state index contributed by atoms with van der Waals surface area (Å²) in [5.74, 6) is -0.758. The Morgan fingerprint density at radius 3 is 2.89 bits per heavy atom. The predicted molar refractivity (Wildman–Crippen MR) is 70.9 cm³/mol. The van der Waals surface area contributed by atoms with E-state index in [1.54, 1.807) is 0 Å². The van der Waals surface area contributed by atoms with Crippen molar-refractivity contribution in [2.24, 2.45) is 5.92 Å². The van der Waals surface area contributed by atoms with Gasteiger partial charge in [0.2, 0.25) is 0 Å². The maximum Gasteiger partial charge on any atom is 0.306 e. The van der Waals surface area contributed by atoms with E-state index in [0.29, 0.717) is 6.04 Å². The molecule has 96 valence electrons. The molecule has 3 rings (SSSR count). The van der Waals surface area contributed by atoms with E-state index in [9.17, 15) is 4.79 Å². The highest BCUT2D eigenvalue weighted by Gasteiger charge is 2.34. The first-order chi connectivity index (χ1) is 8.75. The molecular formula is C15H19NO2. The second-order valence-corrected chi connectivity index (χ2v) is 5.43. The minimum atomic E-state index is -0.622. The van der Waals surface area contributed by atoms with Gasteiger partial charge in [0.25, 0.3) is 0 Å². The van der Waals surface area contributed by atoms with Gasteiger partial charge in [-0.15, -0.1) is 0 Å². The Morgan fingerprint density at radius 2 is 2.11 bits per heavy atom. The van der Waals surface area contributed by atoms with Gasteiger partial charge >= 0.3 is 5.97 Å². The van der Waals surface area contributed by atoms with Crippen LogP contribution in [-0.4, -0.2) is 23.7 Å². The van der Waals surface area contributed by atoms with Crippen LogP contribution in [-0.2, 0) is 11.2 Å². The van der Waals surface area contributed by atoms with Gasteiger partial charge < -0.3 is 10.0 Å². The number of benzene rings is 1. The molecule has 1 aromatic rings. The fourth-order valence-electron chi connectivity index (χ4n) is 3.41. The van der Waals surface area contributed by atoms with E-state index in [1.165, 1.54) is 17.7 Å². The smallest absolute Gasteiger partial charge is 0.306 e. The number of hydrogen-bond donors (Lipinski definition) is 1. The molecule has 0 saturated heterocycles. The van der Waals surface area contributed by atoms with Crippen LogP contribution in [0.4, 0.5) is 5.69 Å². The lowest BCUT2D eigenvalue weighted by molar-refractivity contribution is -0.141. The summed E-state index contributed by atoms with van der Waals surface area (Å²) >= 11 is 0. The monoisotopic (exact) mass is 245 g/mol. The van der Waals surface area contributed by atoms with Crippen molar-refractivity contribution >= 4 is 11.7 Å². The topological polar surface area (TPSA) is 40.5 Å². The number of carboxylic acid groups (broad SMARTS) is 1. The van der Waals surface area contributed by atoms with Gasteiger partial charge in [-0.3, -0.25) is 4.79 Å². The van der Waals surface area contributed by atoms with Gasteiger partial charge in [-0.2, -0.15) is 0 Å². The van der Waals surface area contributed by atoms with E-state index in [1.807, 2.05) is 0 Å². The maximum absolute atomic E-state index is 11.1. The molecule has 1 N–H and O–H groups in total. The summed E-state index contributed by atoms with van der Waals surface area (Å²) in [6.07, 6.45) is 5.00. The highest BCUT2D eigenvalue weighted by Crippen LogP contribution is 2.36. The Bertz CT molecular complexity index is 458. The number of carbonyl (C=O) groups is 1. The Hall–Kier alpha value is -1.51. The van der Waals surface area contributed by atoms with E-state index in [2.05, 4.69) is 29.2 Å². The zero-order chi connectivity index (χ0) is 12.5.